The predicted molar refractivity (Wildman–Crippen MR) is 69.9 cm³/mol. The zero-order valence-corrected chi connectivity index (χ0v) is 10.1. The first-order chi connectivity index (χ1) is 8.56. The molecule has 0 bridgehead atoms. The summed E-state index contributed by atoms with van der Waals surface area (Å²) in [7, 11) is 0. The van der Waals surface area contributed by atoms with Gasteiger partial charge in [0.05, 0.1) is 6.42 Å². The van der Waals surface area contributed by atoms with E-state index < -0.39 is 5.97 Å². The number of rotatable bonds is 4. The van der Waals surface area contributed by atoms with Crippen LogP contribution in [0.15, 0.2) is 36.4 Å². The summed E-state index contributed by atoms with van der Waals surface area (Å²) >= 11 is 0. The molecule has 2 aromatic carbocycles. The van der Waals surface area contributed by atoms with Gasteiger partial charge < -0.3 is 5.11 Å². The molecule has 0 saturated heterocycles. The van der Waals surface area contributed by atoms with Gasteiger partial charge in [0, 0.05) is 12.0 Å². The Bertz CT molecular complexity index is 614. The number of hydrogen-bond donors (Lipinski definition) is 1. The van der Waals surface area contributed by atoms with Gasteiger partial charge in [0.1, 0.15) is 0 Å². The summed E-state index contributed by atoms with van der Waals surface area (Å²) in [6.45, 7) is 2.02. The van der Waals surface area contributed by atoms with Crippen LogP contribution in [-0.4, -0.2) is 16.9 Å². The van der Waals surface area contributed by atoms with Crippen LogP contribution in [0.5, 0.6) is 0 Å². The number of aryl methyl sites for hydroxylation is 1. The van der Waals surface area contributed by atoms with Crippen LogP contribution in [0.1, 0.15) is 28.8 Å². The third-order valence-corrected chi connectivity index (χ3v) is 2.88. The molecule has 0 aromatic heterocycles. The molecule has 92 valence electrons. The molecule has 0 unspecified atom stereocenters. The van der Waals surface area contributed by atoms with Gasteiger partial charge in [-0.15, -0.1) is 0 Å². The first kappa shape index (κ1) is 12.3. The fourth-order valence-corrected chi connectivity index (χ4v) is 1.90. The van der Waals surface area contributed by atoms with Crippen LogP contribution in [0.3, 0.4) is 0 Å². The summed E-state index contributed by atoms with van der Waals surface area (Å²) in [5.74, 6) is -1.07. The molecule has 18 heavy (non-hydrogen) atoms. The summed E-state index contributed by atoms with van der Waals surface area (Å²) in [6.07, 6.45) is -0.0720. The number of Topliss-reactive ketones (excluding diaryl/α,β-unsaturated/α-hetero) is 1. The van der Waals surface area contributed by atoms with Crippen molar-refractivity contribution >= 4 is 22.5 Å². The Balaban J connectivity index is 2.27. The van der Waals surface area contributed by atoms with Gasteiger partial charge in [0.15, 0.2) is 5.78 Å². The Hall–Kier alpha value is -2.16. The molecule has 2 aromatic rings. The summed E-state index contributed by atoms with van der Waals surface area (Å²) in [4.78, 5) is 22.2. The summed E-state index contributed by atoms with van der Waals surface area (Å²) < 4.78 is 0. The second-order valence-electron chi connectivity index (χ2n) is 4.38. The molecule has 0 heterocycles. The van der Waals surface area contributed by atoms with E-state index in [0.29, 0.717) is 5.56 Å². The van der Waals surface area contributed by atoms with Gasteiger partial charge in [0.2, 0.25) is 0 Å². The summed E-state index contributed by atoms with van der Waals surface area (Å²) in [5, 5.41) is 10.6. The molecule has 0 aliphatic carbocycles. The Morgan fingerprint density at radius 3 is 2.39 bits per heavy atom. The van der Waals surface area contributed by atoms with Gasteiger partial charge in [-0.3, -0.25) is 9.59 Å². The number of carbonyl (C=O) groups excluding carboxylic acids is 1. The van der Waals surface area contributed by atoms with E-state index in [-0.39, 0.29) is 18.6 Å². The number of ketones is 1. The standard InChI is InChI=1S/C15H14O3/c1-10-2-3-12-9-13(5-4-11(12)8-10)14(16)6-7-15(17)18/h2-5,8-9H,6-7H2,1H3,(H,17,18). The van der Waals surface area contributed by atoms with E-state index in [4.69, 9.17) is 5.11 Å². The monoisotopic (exact) mass is 242 g/mol. The molecule has 2 rings (SSSR count). The van der Waals surface area contributed by atoms with Gasteiger partial charge in [-0.1, -0.05) is 35.9 Å². The number of fused-ring (bicyclic) bond motifs is 1. The number of benzene rings is 2. The second kappa shape index (κ2) is 5.00. The van der Waals surface area contributed by atoms with E-state index in [2.05, 4.69) is 6.07 Å². The van der Waals surface area contributed by atoms with Crippen molar-refractivity contribution in [1.29, 1.82) is 0 Å². The van der Waals surface area contributed by atoms with Crippen LogP contribution in [0.2, 0.25) is 0 Å². The second-order valence-corrected chi connectivity index (χ2v) is 4.38. The molecule has 0 fully saturated rings. The Morgan fingerprint density at radius 1 is 1.00 bits per heavy atom. The van der Waals surface area contributed by atoms with Gasteiger partial charge in [-0.25, -0.2) is 0 Å². The summed E-state index contributed by atoms with van der Waals surface area (Å²) in [5.41, 5.74) is 1.75. The SMILES string of the molecule is Cc1ccc2cc(C(=O)CCC(=O)O)ccc2c1. The minimum absolute atomic E-state index is 0.0483. The lowest BCUT2D eigenvalue weighted by Gasteiger charge is -2.03. The minimum Gasteiger partial charge on any atom is -0.481 e. The molecule has 0 aliphatic rings. The van der Waals surface area contributed by atoms with Crippen LogP contribution < -0.4 is 0 Å². The van der Waals surface area contributed by atoms with Crippen LogP contribution >= 0.6 is 0 Å². The van der Waals surface area contributed by atoms with Crippen molar-refractivity contribution in [3.05, 3.63) is 47.5 Å². The highest BCUT2D eigenvalue weighted by molar-refractivity contribution is 6.00. The van der Waals surface area contributed by atoms with Crippen LogP contribution in [0.25, 0.3) is 10.8 Å². The highest BCUT2D eigenvalue weighted by atomic mass is 16.4. The predicted octanol–water partition coefficient (Wildman–Crippen LogP) is 3.20. The van der Waals surface area contributed by atoms with Crippen molar-refractivity contribution in [1.82, 2.24) is 0 Å². The Morgan fingerprint density at radius 2 is 1.67 bits per heavy atom. The first-order valence-corrected chi connectivity index (χ1v) is 5.82. The lowest BCUT2D eigenvalue weighted by atomic mass is 10.0. The topological polar surface area (TPSA) is 54.4 Å². The maximum atomic E-state index is 11.8. The third kappa shape index (κ3) is 2.74. The van der Waals surface area contributed by atoms with Gasteiger partial charge in [0.25, 0.3) is 0 Å². The Labute approximate surface area is 105 Å². The highest BCUT2D eigenvalue weighted by Gasteiger charge is 2.08. The van der Waals surface area contributed by atoms with Crippen molar-refractivity contribution in [2.75, 3.05) is 0 Å². The van der Waals surface area contributed by atoms with Crippen molar-refractivity contribution in [2.45, 2.75) is 19.8 Å². The van der Waals surface area contributed by atoms with E-state index in [1.54, 1.807) is 6.07 Å². The molecule has 3 nitrogen and oxygen atoms in total. The van der Waals surface area contributed by atoms with E-state index >= 15 is 0 Å². The molecule has 0 spiro atoms. The van der Waals surface area contributed by atoms with Crippen molar-refractivity contribution < 1.29 is 14.7 Å². The van der Waals surface area contributed by atoms with Crippen molar-refractivity contribution in [3.63, 3.8) is 0 Å². The normalized spacial score (nSPS) is 10.5. The molecule has 3 heteroatoms. The van der Waals surface area contributed by atoms with Crippen molar-refractivity contribution in [3.8, 4) is 0 Å². The Kier molecular flexibility index (Phi) is 3.42. The molecule has 1 N–H and O–H groups in total. The fourth-order valence-electron chi connectivity index (χ4n) is 1.90. The number of aliphatic carboxylic acids is 1. The fraction of sp³-hybridized carbons (Fsp3) is 0.200. The zero-order chi connectivity index (χ0) is 13.1. The van der Waals surface area contributed by atoms with Gasteiger partial charge in [-0.2, -0.15) is 0 Å². The smallest absolute Gasteiger partial charge is 0.303 e. The van der Waals surface area contributed by atoms with E-state index in [1.807, 2.05) is 31.2 Å². The van der Waals surface area contributed by atoms with Crippen molar-refractivity contribution in [2.24, 2.45) is 0 Å². The van der Waals surface area contributed by atoms with E-state index in [0.717, 1.165) is 10.8 Å². The molecule has 0 aliphatic heterocycles. The molecular formula is C15H14O3. The zero-order valence-electron chi connectivity index (χ0n) is 10.1. The average molecular weight is 242 g/mol. The number of carbonyl (C=O) groups is 2. The third-order valence-electron chi connectivity index (χ3n) is 2.88. The van der Waals surface area contributed by atoms with Crippen LogP contribution in [0, 0.1) is 6.92 Å². The molecule has 0 saturated carbocycles. The highest BCUT2D eigenvalue weighted by Crippen LogP contribution is 2.18. The van der Waals surface area contributed by atoms with Crippen LogP contribution in [-0.2, 0) is 4.79 Å². The number of hydrogen-bond acceptors (Lipinski definition) is 2. The molecular weight excluding hydrogens is 228 g/mol. The molecule has 0 amide bonds. The lowest BCUT2D eigenvalue weighted by Crippen LogP contribution is -2.03. The summed E-state index contributed by atoms with van der Waals surface area (Å²) in [6, 6.07) is 11.5. The number of carboxylic acids is 1. The minimum atomic E-state index is -0.945. The maximum Gasteiger partial charge on any atom is 0.303 e. The molecule has 0 atom stereocenters. The number of carboxylic acid groups (broad SMARTS) is 1. The average Bonchev–Trinajstić information content (AvgIpc) is 2.35. The van der Waals surface area contributed by atoms with E-state index in [1.165, 1.54) is 5.56 Å². The van der Waals surface area contributed by atoms with Crippen LogP contribution in [0.4, 0.5) is 0 Å². The van der Waals surface area contributed by atoms with Gasteiger partial charge in [-0.05, 0) is 23.8 Å². The quantitative estimate of drug-likeness (QED) is 0.837. The maximum absolute atomic E-state index is 11.8. The lowest BCUT2D eigenvalue weighted by molar-refractivity contribution is -0.136. The van der Waals surface area contributed by atoms with Gasteiger partial charge >= 0.3 is 5.97 Å². The molecule has 0 radical (unpaired) electrons. The van der Waals surface area contributed by atoms with E-state index in [9.17, 15) is 9.59 Å². The largest absolute Gasteiger partial charge is 0.481 e. The first-order valence-electron chi connectivity index (χ1n) is 5.82.